The van der Waals surface area contributed by atoms with Gasteiger partial charge in [-0.15, -0.1) is 0 Å². The van der Waals surface area contributed by atoms with E-state index in [2.05, 4.69) is 20.8 Å². The van der Waals surface area contributed by atoms with Crippen LogP contribution in [0.25, 0.3) is 16.8 Å². The maximum atomic E-state index is 14.7. The molecular formula is C26H21ClF4N6O2. The van der Waals surface area contributed by atoms with Crippen molar-refractivity contribution in [2.45, 2.75) is 19.6 Å². The van der Waals surface area contributed by atoms with Gasteiger partial charge in [0.05, 0.1) is 11.1 Å². The summed E-state index contributed by atoms with van der Waals surface area (Å²) in [7, 11) is 0. The lowest BCUT2D eigenvalue weighted by atomic mass is 10.0. The number of halogens is 5. The van der Waals surface area contributed by atoms with Gasteiger partial charge in [-0.2, -0.15) is 18.3 Å². The van der Waals surface area contributed by atoms with Crippen molar-refractivity contribution in [1.29, 1.82) is 0 Å². The number of nitrogens with one attached hydrogen (secondary N) is 2. The van der Waals surface area contributed by atoms with Gasteiger partial charge in [0.1, 0.15) is 5.69 Å². The van der Waals surface area contributed by atoms with Crippen LogP contribution in [0.15, 0.2) is 73.3 Å². The van der Waals surface area contributed by atoms with Gasteiger partial charge in [0.25, 0.3) is 5.91 Å². The second-order valence-corrected chi connectivity index (χ2v) is 8.67. The summed E-state index contributed by atoms with van der Waals surface area (Å²) in [5.74, 6) is -1.46. The third-order valence-corrected chi connectivity index (χ3v) is 5.81. The van der Waals surface area contributed by atoms with Crippen LogP contribution in [0.4, 0.5) is 22.4 Å². The molecule has 4 aromatic rings. The highest BCUT2D eigenvalue weighted by Gasteiger charge is 2.31. The third-order valence-electron chi connectivity index (χ3n) is 5.60. The first-order chi connectivity index (χ1) is 18.6. The molecule has 2 aromatic heterocycles. The SMILES string of the molecule is CCN(NC(=O)c1cncc(C(F)(F)F)c1)C(=O)NCc1ccc(-c2cc(Cl)cc(F)c2-n2cccn2)cc1. The van der Waals surface area contributed by atoms with Crippen LogP contribution in [0, 0.1) is 5.82 Å². The largest absolute Gasteiger partial charge is 0.417 e. The summed E-state index contributed by atoms with van der Waals surface area (Å²) in [5, 5.41) is 7.89. The minimum absolute atomic E-state index is 0.0411. The molecule has 0 spiro atoms. The molecule has 3 amide bonds. The van der Waals surface area contributed by atoms with Crippen molar-refractivity contribution in [3.05, 3.63) is 101 Å². The monoisotopic (exact) mass is 560 g/mol. The van der Waals surface area contributed by atoms with Crippen LogP contribution in [0.1, 0.15) is 28.4 Å². The van der Waals surface area contributed by atoms with Gasteiger partial charge in [-0.25, -0.2) is 18.9 Å². The summed E-state index contributed by atoms with van der Waals surface area (Å²) >= 11 is 6.09. The Bertz CT molecular complexity index is 1480. The molecule has 0 atom stereocenters. The maximum Gasteiger partial charge on any atom is 0.417 e. The van der Waals surface area contributed by atoms with Gasteiger partial charge in [0, 0.05) is 48.5 Å². The maximum absolute atomic E-state index is 14.7. The summed E-state index contributed by atoms with van der Waals surface area (Å²) < 4.78 is 54.9. The van der Waals surface area contributed by atoms with Crippen LogP contribution in [0.2, 0.25) is 5.02 Å². The van der Waals surface area contributed by atoms with E-state index in [1.165, 1.54) is 16.9 Å². The number of aromatic nitrogens is 3. The Morgan fingerprint density at radius 1 is 1.10 bits per heavy atom. The number of amides is 3. The zero-order valence-electron chi connectivity index (χ0n) is 20.3. The van der Waals surface area contributed by atoms with E-state index in [0.29, 0.717) is 29.0 Å². The summed E-state index contributed by atoms with van der Waals surface area (Å²) in [5.41, 5.74) is 2.95. The van der Waals surface area contributed by atoms with E-state index in [0.717, 1.165) is 11.2 Å². The van der Waals surface area contributed by atoms with Gasteiger partial charge in [-0.05, 0) is 42.3 Å². The van der Waals surface area contributed by atoms with E-state index in [1.54, 1.807) is 49.5 Å². The topological polar surface area (TPSA) is 92.1 Å². The fourth-order valence-electron chi connectivity index (χ4n) is 3.67. The second-order valence-electron chi connectivity index (χ2n) is 8.24. The van der Waals surface area contributed by atoms with Crippen LogP contribution >= 0.6 is 11.6 Å². The molecule has 8 nitrogen and oxygen atoms in total. The molecule has 0 aliphatic carbocycles. The van der Waals surface area contributed by atoms with E-state index in [4.69, 9.17) is 11.6 Å². The van der Waals surface area contributed by atoms with Crippen molar-refractivity contribution in [1.82, 2.24) is 30.5 Å². The first-order valence-corrected chi connectivity index (χ1v) is 11.9. The average molecular weight is 561 g/mol. The molecule has 202 valence electrons. The first kappa shape index (κ1) is 27.6. The number of urea groups is 1. The average Bonchev–Trinajstić information content (AvgIpc) is 3.44. The number of rotatable bonds is 6. The van der Waals surface area contributed by atoms with Gasteiger partial charge in [-0.1, -0.05) is 35.9 Å². The molecule has 2 aromatic carbocycles. The fourth-order valence-corrected chi connectivity index (χ4v) is 3.88. The number of hydrogen-bond donors (Lipinski definition) is 2. The number of carbonyl (C=O) groups excluding carboxylic acids is 2. The Morgan fingerprint density at radius 2 is 1.85 bits per heavy atom. The Morgan fingerprint density at radius 3 is 2.49 bits per heavy atom. The zero-order valence-corrected chi connectivity index (χ0v) is 21.1. The van der Waals surface area contributed by atoms with Crippen LogP contribution < -0.4 is 10.7 Å². The lowest BCUT2D eigenvalue weighted by molar-refractivity contribution is -0.137. The van der Waals surface area contributed by atoms with Crippen molar-refractivity contribution < 1.29 is 27.2 Å². The highest BCUT2D eigenvalue weighted by Crippen LogP contribution is 2.32. The zero-order chi connectivity index (χ0) is 28.2. The number of nitrogens with zero attached hydrogens (tertiary/aromatic N) is 4. The number of pyridine rings is 1. The van der Waals surface area contributed by atoms with Gasteiger partial charge in [-0.3, -0.25) is 15.2 Å². The van der Waals surface area contributed by atoms with Crippen LogP contribution in [0.5, 0.6) is 0 Å². The van der Waals surface area contributed by atoms with E-state index >= 15 is 0 Å². The van der Waals surface area contributed by atoms with Crippen LogP contribution in [0.3, 0.4) is 0 Å². The molecule has 0 saturated heterocycles. The van der Waals surface area contributed by atoms with Crippen molar-refractivity contribution in [2.75, 3.05) is 6.54 Å². The molecule has 0 saturated carbocycles. The summed E-state index contributed by atoms with van der Waals surface area (Å²) in [4.78, 5) is 28.5. The molecule has 0 unspecified atom stereocenters. The quantitative estimate of drug-likeness (QED) is 0.236. The summed E-state index contributed by atoms with van der Waals surface area (Å²) in [6, 6.07) is 11.4. The summed E-state index contributed by atoms with van der Waals surface area (Å²) in [6.45, 7) is 1.70. The predicted octanol–water partition coefficient (Wildman–Crippen LogP) is 5.62. The molecule has 2 heterocycles. The minimum atomic E-state index is -4.66. The molecule has 0 bridgehead atoms. The molecule has 0 fully saturated rings. The highest BCUT2D eigenvalue weighted by molar-refractivity contribution is 6.31. The van der Waals surface area contributed by atoms with Crippen molar-refractivity contribution in [3.63, 3.8) is 0 Å². The third kappa shape index (κ3) is 6.52. The van der Waals surface area contributed by atoms with E-state index in [1.807, 2.05) is 0 Å². The molecule has 0 aliphatic rings. The summed E-state index contributed by atoms with van der Waals surface area (Å²) in [6.07, 6.45) is 0.0564. The lowest BCUT2D eigenvalue weighted by Gasteiger charge is -2.22. The standard InChI is InChI=1S/C26H21ClF4N6O2/c1-2-36(35-24(38)18-10-19(15-32-14-18)26(29,30)31)25(39)33-13-16-4-6-17(7-5-16)21-11-20(27)12-22(28)23(21)37-9-3-8-34-37/h3-12,14-15H,2,13H2,1H3,(H,33,39)(H,35,38). The van der Waals surface area contributed by atoms with E-state index in [-0.39, 0.29) is 29.4 Å². The lowest BCUT2D eigenvalue weighted by Crippen LogP contribution is -2.50. The Balaban J connectivity index is 1.42. The predicted molar refractivity (Wildman–Crippen MR) is 135 cm³/mol. The minimum Gasteiger partial charge on any atom is -0.332 e. The second kappa shape index (κ2) is 11.5. The molecule has 39 heavy (non-hydrogen) atoms. The molecular weight excluding hydrogens is 540 g/mol. The van der Waals surface area contributed by atoms with Crippen LogP contribution in [-0.2, 0) is 12.7 Å². The fraction of sp³-hybridized carbons (Fsp3) is 0.154. The number of alkyl halides is 3. The number of hydrogen-bond acceptors (Lipinski definition) is 4. The Labute approximate surface area is 225 Å². The molecule has 0 aliphatic heterocycles. The van der Waals surface area contributed by atoms with E-state index in [9.17, 15) is 27.2 Å². The molecule has 13 heteroatoms. The number of benzene rings is 2. The first-order valence-electron chi connectivity index (χ1n) is 11.5. The molecule has 4 rings (SSSR count). The smallest absolute Gasteiger partial charge is 0.332 e. The Kier molecular flexibility index (Phi) is 8.15. The molecule has 0 radical (unpaired) electrons. The van der Waals surface area contributed by atoms with Gasteiger partial charge < -0.3 is 5.32 Å². The van der Waals surface area contributed by atoms with Gasteiger partial charge >= 0.3 is 12.2 Å². The van der Waals surface area contributed by atoms with Crippen molar-refractivity contribution in [2.24, 2.45) is 0 Å². The normalized spacial score (nSPS) is 11.2. The number of hydrazine groups is 1. The Hall–Kier alpha value is -4.45. The van der Waals surface area contributed by atoms with E-state index < -0.39 is 29.5 Å². The molecule has 2 N–H and O–H groups in total. The van der Waals surface area contributed by atoms with Crippen molar-refractivity contribution in [3.8, 4) is 16.8 Å². The van der Waals surface area contributed by atoms with Crippen LogP contribution in [-0.4, -0.2) is 38.3 Å². The highest BCUT2D eigenvalue weighted by atomic mass is 35.5. The van der Waals surface area contributed by atoms with Gasteiger partial charge in [0.15, 0.2) is 5.82 Å². The van der Waals surface area contributed by atoms with Crippen molar-refractivity contribution >= 4 is 23.5 Å². The number of carbonyl (C=O) groups is 2. The van der Waals surface area contributed by atoms with Gasteiger partial charge in [0.2, 0.25) is 0 Å².